The largest absolute Gasteiger partial charge is 0.497 e. The fraction of sp³-hybridized carbons (Fsp3) is 0.273. The number of hydrogen-bond acceptors (Lipinski definition) is 5. The first-order valence-corrected chi connectivity index (χ1v) is 10.3. The summed E-state index contributed by atoms with van der Waals surface area (Å²) in [5, 5.41) is 4.66. The number of nitrogens with zero attached hydrogens (tertiary/aromatic N) is 4. The number of hydrogen-bond donors (Lipinski definition) is 0. The van der Waals surface area contributed by atoms with Crippen molar-refractivity contribution in [1.82, 2.24) is 19.2 Å². The maximum Gasteiger partial charge on any atom is 0.352 e. The molecule has 2 heterocycles. The second kappa shape index (κ2) is 8.77. The Morgan fingerprint density at radius 3 is 2.45 bits per heavy atom. The maximum absolute atomic E-state index is 13.2. The lowest BCUT2D eigenvalue weighted by atomic mass is 10.2. The highest BCUT2D eigenvalue weighted by atomic mass is 35.5. The molecule has 31 heavy (non-hydrogen) atoms. The van der Waals surface area contributed by atoms with Crippen LogP contribution in [0.1, 0.15) is 28.9 Å². The van der Waals surface area contributed by atoms with Crippen molar-refractivity contribution in [3.63, 3.8) is 0 Å². The highest BCUT2D eigenvalue weighted by molar-refractivity contribution is 6.30. The Bertz CT molecular complexity index is 1230. The summed E-state index contributed by atoms with van der Waals surface area (Å²) in [4.78, 5) is 41.0. The molecule has 1 aromatic heterocycles. The highest BCUT2D eigenvalue weighted by Crippen LogP contribution is 2.15. The van der Waals surface area contributed by atoms with Gasteiger partial charge in [-0.25, -0.2) is 4.79 Å². The Hall–Kier alpha value is -3.39. The molecule has 160 valence electrons. The van der Waals surface area contributed by atoms with E-state index in [1.807, 2.05) is 0 Å². The molecule has 0 bridgehead atoms. The van der Waals surface area contributed by atoms with Crippen LogP contribution in [0.15, 0.2) is 58.1 Å². The number of likely N-dealkylation sites (tertiary alicyclic amines) is 1. The van der Waals surface area contributed by atoms with Crippen LogP contribution in [-0.2, 0) is 6.54 Å². The maximum atomic E-state index is 13.2. The number of amides is 1. The van der Waals surface area contributed by atoms with Gasteiger partial charge < -0.3 is 9.64 Å². The summed E-state index contributed by atoms with van der Waals surface area (Å²) in [6, 6.07) is 13.5. The standard InChI is InChI=1S/C22H21ClN4O4/c1-31-18-9-7-17(8-10-18)27-22(30)26(14-15-5-4-6-16(23)13-15)21(29)19(24-27)20(28)25-11-2-3-12-25/h4-10,13H,2-3,11-12,14H2,1H3. The quantitative estimate of drug-likeness (QED) is 0.607. The normalized spacial score (nSPS) is 13.4. The van der Waals surface area contributed by atoms with Crippen molar-refractivity contribution in [1.29, 1.82) is 0 Å². The van der Waals surface area contributed by atoms with Gasteiger partial charge in [0.1, 0.15) is 5.75 Å². The molecule has 0 radical (unpaired) electrons. The summed E-state index contributed by atoms with van der Waals surface area (Å²) in [5.41, 5.74) is -0.557. The number of halogens is 1. The van der Waals surface area contributed by atoms with Crippen molar-refractivity contribution in [2.45, 2.75) is 19.4 Å². The topological polar surface area (TPSA) is 86.4 Å². The summed E-state index contributed by atoms with van der Waals surface area (Å²) in [7, 11) is 1.54. The van der Waals surface area contributed by atoms with Crippen molar-refractivity contribution in [2.24, 2.45) is 0 Å². The molecular formula is C22H21ClN4O4. The van der Waals surface area contributed by atoms with E-state index in [0.29, 0.717) is 35.1 Å². The van der Waals surface area contributed by atoms with Crippen molar-refractivity contribution < 1.29 is 9.53 Å². The average molecular weight is 441 g/mol. The molecule has 4 rings (SSSR count). The second-order valence-corrected chi connectivity index (χ2v) is 7.70. The molecule has 1 aliphatic heterocycles. The molecule has 0 spiro atoms. The molecular weight excluding hydrogens is 420 g/mol. The van der Waals surface area contributed by atoms with E-state index in [1.165, 1.54) is 7.11 Å². The van der Waals surface area contributed by atoms with Gasteiger partial charge in [-0.05, 0) is 54.8 Å². The molecule has 0 unspecified atom stereocenters. The number of carbonyl (C=O) groups is 1. The first kappa shape index (κ1) is 20.9. The molecule has 1 saturated heterocycles. The molecule has 0 N–H and O–H groups in total. The van der Waals surface area contributed by atoms with Crippen LogP contribution in [0.2, 0.25) is 5.02 Å². The van der Waals surface area contributed by atoms with E-state index < -0.39 is 17.2 Å². The Balaban J connectivity index is 1.87. The molecule has 0 atom stereocenters. The third kappa shape index (κ3) is 4.25. The second-order valence-electron chi connectivity index (χ2n) is 7.26. The van der Waals surface area contributed by atoms with Crippen LogP contribution >= 0.6 is 11.6 Å². The van der Waals surface area contributed by atoms with E-state index in [4.69, 9.17) is 16.3 Å². The zero-order valence-electron chi connectivity index (χ0n) is 17.0. The number of rotatable bonds is 5. The van der Waals surface area contributed by atoms with Crippen LogP contribution in [0, 0.1) is 0 Å². The Kier molecular flexibility index (Phi) is 5.90. The van der Waals surface area contributed by atoms with Gasteiger partial charge in [0, 0.05) is 18.1 Å². The SMILES string of the molecule is COc1ccc(-n2nc(C(=O)N3CCCC3)c(=O)n(Cc3cccc(Cl)c3)c2=O)cc1. The molecule has 2 aromatic carbocycles. The molecule has 1 fully saturated rings. The average Bonchev–Trinajstić information content (AvgIpc) is 3.32. The summed E-state index contributed by atoms with van der Waals surface area (Å²) in [6.07, 6.45) is 1.75. The fourth-order valence-electron chi connectivity index (χ4n) is 3.57. The number of ether oxygens (including phenoxy) is 1. The summed E-state index contributed by atoms with van der Waals surface area (Å²) in [5.74, 6) is 0.141. The summed E-state index contributed by atoms with van der Waals surface area (Å²) in [6.45, 7) is 1.10. The predicted octanol–water partition coefficient (Wildman–Crippen LogP) is 2.34. The van der Waals surface area contributed by atoms with Gasteiger partial charge in [-0.3, -0.25) is 14.2 Å². The first-order chi connectivity index (χ1) is 15.0. The van der Waals surface area contributed by atoms with Gasteiger partial charge in [-0.15, -0.1) is 0 Å². The minimum absolute atomic E-state index is 0.0306. The smallest absolute Gasteiger partial charge is 0.352 e. The molecule has 0 aliphatic carbocycles. The van der Waals surface area contributed by atoms with Gasteiger partial charge in [-0.2, -0.15) is 9.78 Å². The number of carbonyl (C=O) groups excluding carboxylic acids is 1. The number of benzene rings is 2. The van der Waals surface area contributed by atoms with Gasteiger partial charge in [0.05, 0.1) is 19.3 Å². The van der Waals surface area contributed by atoms with Gasteiger partial charge in [0.2, 0.25) is 5.69 Å². The molecule has 0 saturated carbocycles. The van der Waals surface area contributed by atoms with Crippen LogP contribution in [0.4, 0.5) is 0 Å². The molecule has 1 amide bonds. The minimum Gasteiger partial charge on any atom is -0.497 e. The first-order valence-electron chi connectivity index (χ1n) is 9.90. The van der Waals surface area contributed by atoms with Crippen LogP contribution < -0.4 is 16.0 Å². The summed E-state index contributed by atoms with van der Waals surface area (Å²) >= 11 is 6.06. The van der Waals surface area contributed by atoms with Crippen LogP contribution in [0.3, 0.4) is 0 Å². The van der Waals surface area contributed by atoms with Crippen LogP contribution in [0.25, 0.3) is 5.69 Å². The Labute approximate surface area is 183 Å². The number of aromatic nitrogens is 3. The predicted molar refractivity (Wildman–Crippen MR) is 116 cm³/mol. The van der Waals surface area contributed by atoms with Gasteiger partial charge in [0.25, 0.3) is 11.5 Å². The lowest BCUT2D eigenvalue weighted by Gasteiger charge is -2.17. The van der Waals surface area contributed by atoms with Gasteiger partial charge in [0.15, 0.2) is 0 Å². The number of methoxy groups -OCH3 is 1. The van der Waals surface area contributed by atoms with E-state index in [1.54, 1.807) is 53.4 Å². The zero-order valence-corrected chi connectivity index (χ0v) is 17.7. The lowest BCUT2D eigenvalue weighted by Crippen LogP contribution is -2.46. The van der Waals surface area contributed by atoms with Crippen molar-refractivity contribution in [3.8, 4) is 11.4 Å². The van der Waals surface area contributed by atoms with Crippen molar-refractivity contribution in [3.05, 3.63) is 85.6 Å². The molecule has 9 heteroatoms. The third-order valence-electron chi connectivity index (χ3n) is 5.20. The van der Waals surface area contributed by atoms with Crippen molar-refractivity contribution in [2.75, 3.05) is 20.2 Å². The minimum atomic E-state index is -0.716. The lowest BCUT2D eigenvalue weighted by molar-refractivity contribution is 0.0781. The Morgan fingerprint density at radius 1 is 1.10 bits per heavy atom. The van der Waals surface area contributed by atoms with Gasteiger partial charge >= 0.3 is 5.69 Å². The van der Waals surface area contributed by atoms with E-state index in [9.17, 15) is 14.4 Å². The third-order valence-corrected chi connectivity index (χ3v) is 5.44. The van der Waals surface area contributed by atoms with E-state index >= 15 is 0 Å². The molecule has 8 nitrogen and oxygen atoms in total. The van der Waals surface area contributed by atoms with Crippen LogP contribution in [0.5, 0.6) is 5.75 Å². The summed E-state index contributed by atoms with van der Waals surface area (Å²) < 4.78 is 7.26. The Morgan fingerprint density at radius 2 is 1.81 bits per heavy atom. The molecule has 3 aromatic rings. The van der Waals surface area contributed by atoms with E-state index in [0.717, 1.165) is 22.1 Å². The zero-order chi connectivity index (χ0) is 22.0. The van der Waals surface area contributed by atoms with Gasteiger partial charge in [-0.1, -0.05) is 23.7 Å². The van der Waals surface area contributed by atoms with E-state index in [2.05, 4.69) is 5.10 Å². The van der Waals surface area contributed by atoms with Crippen molar-refractivity contribution >= 4 is 17.5 Å². The monoisotopic (exact) mass is 440 g/mol. The highest BCUT2D eigenvalue weighted by Gasteiger charge is 2.26. The fourth-order valence-corrected chi connectivity index (χ4v) is 3.78. The molecule has 1 aliphatic rings. The van der Waals surface area contributed by atoms with Crippen LogP contribution in [-0.4, -0.2) is 45.4 Å². The van der Waals surface area contributed by atoms with E-state index in [-0.39, 0.29) is 12.2 Å².